The monoisotopic (exact) mass is 304 g/mol. The van der Waals surface area contributed by atoms with Crippen LogP contribution in [0.1, 0.15) is 22.8 Å². The van der Waals surface area contributed by atoms with Crippen molar-refractivity contribution in [2.24, 2.45) is 0 Å². The van der Waals surface area contributed by atoms with Crippen molar-refractivity contribution in [3.05, 3.63) is 32.8 Å². The largest absolute Gasteiger partial charge is 0.466 e. The molecule has 1 rings (SSSR count). The first-order valence-electron chi connectivity index (χ1n) is 4.67. The molecule has 1 aromatic carbocycles. The molecule has 0 amide bonds. The molecule has 0 fully saturated rings. The molecule has 0 atom stereocenters. The summed E-state index contributed by atoms with van der Waals surface area (Å²) in [5, 5.41) is 0.421. The topological polar surface area (TPSA) is 43.4 Å². The smallest absolute Gasteiger partial charge is 0.310 e. The van der Waals surface area contributed by atoms with E-state index in [1.54, 1.807) is 13.0 Å². The van der Waals surface area contributed by atoms with Gasteiger partial charge in [-0.05, 0) is 40.5 Å². The molecule has 0 aromatic heterocycles. The molecule has 0 aliphatic carbocycles. The average Bonchev–Trinajstić information content (AvgIpc) is 2.23. The predicted molar refractivity (Wildman–Crippen MR) is 64.9 cm³/mol. The molecular formula is C11H10BrClO3. The fraction of sp³-hybridized carbons (Fsp3) is 0.273. The summed E-state index contributed by atoms with van der Waals surface area (Å²) < 4.78 is 5.41. The minimum Gasteiger partial charge on any atom is -0.466 e. The lowest BCUT2D eigenvalue weighted by atomic mass is 10.1. The molecule has 3 nitrogen and oxygen atoms in total. The Morgan fingerprint density at radius 2 is 2.25 bits per heavy atom. The maximum atomic E-state index is 11.3. The first-order chi connectivity index (χ1) is 7.58. The zero-order chi connectivity index (χ0) is 12.1. The maximum Gasteiger partial charge on any atom is 0.310 e. The van der Waals surface area contributed by atoms with Crippen LogP contribution in [-0.2, 0) is 16.0 Å². The quantitative estimate of drug-likeness (QED) is 0.634. The zero-order valence-corrected chi connectivity index (χ0v) is 11.0. The van der Waals surface area contributed by atoms with Gasteiger partial charge in [-0.25, -0.2) is 0 Å². The molecule has 86 valence electrons. The first-order valence-corrected chi connectivity index (χ1v) is 5.84. The van der Waals surface area contributed by atoms with Gasteiger partial charge in [-0.1, -0.05) is 11.6 Å². The minimum atomic E-state index is -0.345. The SMILES string of the molecule is CCOC(=O)Cc1cc(Cl)cc(C=O)c1Br. The van der Waals surface area contributed by atoms with Crippen molar-refractivity contribution in [3.63, 3.8) is 0 Å². The van der Waals surface area contributed by atoms with Crippen molar-refractivity contribution in [1.82, 2.24) is 0 Å². The van der Waals surface area contributed by atoms with Crippen molar-refractivity contribution in [2.75, 3.05) is 6.61 Å². The molecule has 0 N–H and O–H groups in total. The molecule has 0 saturated carbocycles. The van der Waals surface area contributed by atoms with Crippen molar-refractivity contribution < 1.29 is 14.3 Å². The van der Waals surface area contributed by atoms with Gasteiger partial charge in [0.25, 0.3) is 0 Å². The Morgan fingerprint density at radius 1 is 1.56 bits per heavy atom. The summed E-state index contributed by atoms with van der Waals surface area (Å²) in [4.78, 5) is 22.0. The number of rotatable bonds is 4. The number of carbonyl (C=O) groups excluding carboxylic acids is 2. The van der Waals surface area contributed by atoms with Crippen molar-refractivity contribution in [2.45, 2.75) is 13.3 Å². The third-order valence-electron chi connectivity index (χ3n) is 1.91. The fourth-order valence-corrected chi connectivity index (χ4v) is 1.96. The van der Waals surface area contributed by atoms with Gasteiger partial charge in [-0.15, -0.1) is 0 Å². The molecule has 1 aromatic rings. The minimum absolute atomic E-state index is 0.0931. The lowest BCUT2D eigenvalue weighted by molar-refractivity contribution is -0.142. The van der Waals surface area contributed by atoms with E-state index in [0.29, 0.717) is 33.5 Å². The lowest BCUT2D eigenvalue weighted by Crippen LogP contribution is -2.08. The van der Waals surface area contributed by atoms with Crippen LogP contribution in [0.5, 0.6) is 0 Å². The summed E-state index contributed by atoms with van der Waals surface area (Å²) in [6, 6.07) is 3.17. The number of hydrogen-bond acceptors (Lipinski definition) is 3. The van der Waals surface area contributed by atoms with Crippen LogP contribution in [0.2, 0.25) is 5.02 Å². The van der Waals surface area contributed by atoms with Gasteiger partial charge in [0.1, 0.15) is 0 Å². The summed E-state index contributed by atoms with van der Waals surface area (Å²) in [7, 11) is 0. The molecular weight excluding hydrogens is 295 g/mol. The third-order valence-corrected chi connectivity index (χ3v) is 3.09. The second-order valence-corrected chi connectivity index (χ2v) is 4.30. The number of esters is 1. The van der Waals surface area contributed by atoms with Gasteiger partial charge in [-0.3, -0.25) is 9.59 Å². The molecule has 0 bridgehead atoms. The summed E-state index contributed by atoms with van der Waals surface area (Å²) in [6.45, 7) is 2.07. The van der Waals surface area contributed by atoms with Crippen molar-refractivity contribution >= 4 is 39.8 Å². The van der Waals surface area contributed by atoms with E-state index in [0.717, 1.165) is 0 Å². The normalized spacial score (nSPS) is 9.94. The molecule has 0 aliphatic heterocycles. The Balaban J connectivity index is 2.99. The fourth-order valence-electron chi connectivity index (χ4n) is 1.25. The van der Waals surface area contributed by atoms with Crippen LogP contribution in [0.3, 0.4) is 0 Å². The standard InChI is InChI=1S/C11H10BrClO3/c1-2-16-10(15)5-7-3-9(13)4-8(6-14)11(7)12/h3-4,6H,2,5H2,1H3. The van der Waals surface area contributed by atoms with Gasteiger partial charge in [0.15, 0.2) is 6.29 Å². The summed E-state index contributed by atoms with van der Waals surface area (Å²) in [6.07, 6.45) is 0.778. The Morgan fingerprint density at radius 3 is 2.81 bits per heavy atom. The van der Waals surface area contributed by atoms with Crippen LogP contribution in [0.15, 0.2) is 16.6 Å². The highest BCUT2D eigenvalue weighted by atomic mass is 79.9. The maximum absolute atomic E-state index is 11.3. The second-order valence-electron chi connectivity index (χ2n) is 3.07. The van der Waals surface area contributed by atoms with Crippen LogP contribution in [0, 0.1) is 0 Å². The number of carbonyl (C=O) groups is 2. The van der Waals surface area contributed by atoms with Crippen LogP contribution in [0.25, 0.3) is 0 Å². The van der Waals surface area contributed by atoms with E-state index in [1.807, 2.05) is 0 Å². The van der Waals surface area contributed by atoms with E-state index in [-0.39, 0.29) is 12.4 Å². The molecule has 0 spiro atoms. The summed E-state index contributed by atoms with van der Waals surface area (Å²) >= 11 is 9.09. The molecule has 0 saturated heterocycles. The number of aldehydes is 1. The Hall–Kier alpha value is -0.870. The van der Waals surface area contributed by atoms with Crippen LogP contribution >= 0.6 is 27.5 Å². The predicted octanol–water partition coefficient (Wildman–Crippen LogP) is 3.02. The Kier molecular flexibility index (Phi) is 4.96. The van der Waals surface area contributed by atoms with Crippen LogP contribution in [-0.4, -0.2) is 18.9 Å². The molecule has 16 heavy (non-hydrogen) atoms. The number of ether oxygens (including phenoxy) is 1. The Bertz CT molecular complexity index is 418. The van der Waals surface area contributed by atoms with Gasteiger partial charge in [0.2, 0.25) is 0 Å². The molecule has 0 radical (unpaired) electrons. The first kappa shape index (κ1) is 13.2. The lowest BCUT2D eigenvalue weighted by Gasteiger charge is -2.07. The van der Waals surface area contributed by atoms with Gasteiger partial charge < -0.3 is 4.74 Å². The second kappa shape index (κ2) is 6.01. The zero-order valence-electron chi connectivity index (χ0n) is 8.63. The van der Waals surface area contributed by atoms with E-state index in [9.17, 15) is 9.59 Å². The average molecular weight is 306 g/mol. The van der Waals surface area contributed by atoms with Gasteiger partial charge in [-0.2, -0.15) is 0 Å². The van der Waals surface area contributed by atoms with Crippen LogP contribution < -0.4 is 0 Å². The van der Waals surface area contributed by atoms with Crippen molar-refractivity contribution in [1.29, 1.82) is 0 Å². The van der Waals surface area contributed by atoms with E-state index < -0.39 is 0 Å². The number of hydrogen-bond donors (Lipinski definition) is 0. The van der Waals surface area contributed by atoms with E-state index in [2.05, 4.69) is 15.9 Å². The van der Waals surface area contributed by atoms with E-state index >= 15 is 0 Å². The molecule has 0 unspecified atom stereocenters. The highest BCUT2D eigenvalue weighted by molar-refractivity contribution is 9.10. The van der Waals surface area contributed by atoms with Crippen LogP contribution in [0.4, 0.5) is 0 Å². The number of benzene rings is 1. The number of halogens is 2. The van der Waals surface area contributed by atoms with Gasteiger partial charge >= 0.3 is 5.97 Å². The summed E-state index contributed by atoms with van der Waals surface area (Å²) in [5.74, 6) is -0.345. The molecule has 0 heterocycles. The summed E-state index contributed by atoms with van der Waals surface area (Å²) in [5.41, 5.74) is 1.07. The molecule has 5 heteroatoms. The van der Waals surface area contributed by atoms with Gasteiger partial charge in [0, 0.05) is 15.1 Å². The highest BCUT2D eigenvalue weighted by Gasteiger charge is 2.11. The van der Waals surface area contributed by atoms with E-state index in [4.69, 9.17) is 16.3 Å². The third kappa shape index (κ3) is 3.32. The van der Waals surface area contributed by atoms with Gasteiger partial charge in [0.05, 0.1) is 13.0 Å². The Labute approximate surface area is 107 Å². The van der Waals surface area contributed by atoms with Crippen molar-refractivity contribution in [3.8, 4) is 0 Å². The molecule has 0 aliphatic rings. The highest BCUT2D eigenvalue weighted by Crippen LogP contribution is 2.25. The van der Waals surface area contributed by atoms with E-state index in [1.165, 1.54) is 6.07 Å².